The molecule has 70 heavy (non-hydrogen) atoms. The zero-order valence-electron chi connectivity index (χ0n) is 38.7. The van der Waals surface area contributed by atoms with Gasteiger partial charge in [-0.25, -0.2) is 26.5 Å². The van der Waals surface area contributed by atoms with E-state index >= 15 is 0 Å². The van der Waals surface area contributed by atoms with Crippen molar-refractivity contribution in [2.75, 3.05) is 75.9 Å². The zero-order valence-corrected chi connectivity index (χ0v) is 41.1. The molecule has 3 aromatic carbocycles. The molecule has 9 rings (SSSR count). The number of aromatic nitrogens is 2. The number of carbonyl (C=O) groups excluding carboxylic acids is 1. The van der Waals surface area contributed by atoms with Crippen LogP contribution in [0, 0.1) is 0 Å². The summed E-state index contributed by atoms with van der Waals surface area (Å²) < 4.78 is 116. The summed E-state index contributed by atoms with van der Waals surface area (Å²) in [5.41, 5.74) is -1.82. The van der Waals surface area contributed by atoms with Crippen LogP contribution in [0.15, 0.2) is 101 Å². The van der Waals surface area contributed by atoms with Crippen molar-refractivity contribution in [1.82, 2.24) is 24.5 Å². The lowest BCUT2D eigenvalue weighted by Gasteiger charge is -2.39. The van der Waals surface area contributed by atoms with E-state index in [9.17, 15) is 34.8 Å². The molecule has 5 aromatic rings. The smallest absolute Gasteiger partial charge is 0.455 e. The van der Waals surface area contributed by atoms with Crippen molar-refractivity contribution in [2.45, 2.75) is 78.9 Å². The Labute approximate surface area is 410 Å². The number of carbonyl (C=O) groups is 1. The Bertz CT molecular complexity index is 2980. The molecule has 2 saturated heterocycles. The van der Waals surface area contributed by atoms with Crippen LogP contribution in [0.3, 0.4) is 0 Å². The van der Waals surface area contributed by atoms with E-state index in [1.54, 1.807) is 30.5 Å². The van der Waals surface area contributed by atoms with E-state index < -0.39 is 41.1 Å². The molecule has 15 nitrogen and oxygen atoms in total. The van der Waals surface area contributed by atoms with Crippen LogP contribution in [-0.2, 0) is 29.3 Å². The third-order valence-electron chi connectivity index (χ3n) is 13.5. The molecule has 5 heterocycles. The molecule has 21 heteroatoms. The van der Waals surface area contributed by atoms with Crippen molar-refractivity contribution in [3.8, 4) is 11.5 Å². The van der Waals surface area contributed by atoms with Gasteiger partial charge >= 0.3 is 5.51 Å². The van der Waals surface area contributed by atoms with E-state index in [4.69, 9.17) is 25.8 Å². The molecule has 3 aliphatic heterocycles. The highest BCUT2D eigenvalue weighted by atomic mass is 35.5. The van der Waals surface area contributed by atoms with Crippen LogP contribution in [0.25, 0.3) is 16.6 Å². The SMILES string of the molecule is CC1(C)CC(c2ccc(Cl)cc2)=C(CN2CCN(c3ccc(C(=O)NS(=O)(=O)c4ccc(N[C@H]5CC[C@H](N6CCOCC6)CC5)c(S(=O)(=O)C(F)(F)F)c4)c(Oc4cnc5[nH]ccc5c4)c3)CC2)CO1. The van der Waals surface area contributed by atoms with Crippen LogP contribution in [0.5, 0.6) is 11.5 Å². The van der Waals surface area contributed by atoms with Gasteiger partial charge in [-0.1, -0.05) is 23.7 Å². The molecule has 3 fully saturated rings. The third-order valence-corrected chi connectivity index (χ3v) is 16.6. The van der Waals surface area contributed by atoms with E-state index in [0.29, 0.717) is 93.2 Å². The van der Waals surface area contributed by atoms with Gasteiger partial charge in [-0.2, -0.15) is 13.2 Å². The van der Waals surface area contributed by atoms with Gasteiger partial charge in [-0.3, -0.25) is 14.6 Å². The molecule has 4 aliphatic rings. The lowest BCUT2D eigenvalue weighted by molar-refractivity contribution is -0.0436. The summed E-state index contributed by atoms with van der Waals surface area (Å²) in [5.74, 6) is -0.940. The lowest BCUT2D eigenvalue weighted by atomic mass is 9.87. The number of pyridine rings is 1. The zero-order chi connectivity index (χ0) is 49.4. The number of hydrogen-bond acceptors (Lipinski definition) is 13. The van der Waals surface area contributed by atoms with Gasteiger partial charge in [0.1, 0.15) is 22.0 Å². The number of halogens is 4. The van der Waals surface area contributed by atoms with Crippen LogP contribution >= 0.6 is 11.6 Å². The van der Waals surface area contributed by atoms with Crippen molar-refractivity contribution >= 4 is 65.3 Å². The average Bonchev–Trinajstić information content (AvgIpc) is 3.81. The molecule has 1 aliphatic carbocycles. The molecular weight excluding hydrogens is 971 g/mol. The summed E-state index contributed by atoms with van der Waals surface area (Å²) in [5, 5.41) is 4.33. The monoisotopic (exact) mass is 1030 g/mol. The molecule has 0 spiro atoms. The third kappa shape index (κ3) is 11.1. The summed E-state index contributed by atoms with van der Waals surface area (Å²) in [6.07, 6.45) is 6.48. The molecule has 2 aromatic heterocycles. The Morgan fingerprint density at radius 1 is 0.914 bits per heavy atom. The Morgan fingerprint density at radius 2 is 1.64 bits per heavy atom. The van der Waals surface area contributed by atoms with Gasteiger partial charge in [0, 0.05) is 92.7 Å². The molecule has 1 saturated carbocycles. The number of alkyl halides is 3. The van der Waals surface area contributed by atoms with Gasteiger partial charge in [0.25, 0.3) is 25.8 Å². The number of nitrogens with one attached hydrogen (secondary N) is 3. The largest absolute Gasteiger partial charge is 0.501 e. The fourth-order valence-electron chi connectivity index (χ4n) is 9.71. The minimum absolute atomic E-state index is 0.0210. The number of morpholine rings is 1. The summed E-state index contributed by atoms with van der Waals surface area (Å²) in [6.45, 7) is 10.8. The maximum atomic E-state index is 14.2. The van der Waals surface area contributed by atoms with Gasteiger partial charge < -0.3 is 29.4 Å². The average molecular weight is 1030 g/mol. The molecular formula is C49H55ClF3N7O8S2. The van der Waals surface area contributed by atoms with Crippen LogP contribution in [0.1, 0.15) is 61.9 Å². The normalized spacial score (nSPS) is 20.9. The molecule has 0 unspecified atom stereocenters. The summed E-state index contributed by atoms with van der Waals surface area (Å²) >= 11 is 6.22. The number of rotatable bonds is 13. The minimum atomic E-state index is -6.06. The highest BCUT2D eigenvalue weighted by molar-refractivity contribution is 7.92. The highest BCUT2D eigenvalue weighted by Crippen LogP contribution is 2.39. The molecule has 3 N–H and O–H groups in total. The van der Waals surface area contributed by atoms with Crippen LogP contribution < -0.4 is 19.7 Å². The molecule has 0 bridgehead atoms. The number of benzene rings is 3. The van der Waals surface area contributed by atoms with Crippen molar-refractivity contribution in [3.63, 3.8) is 0 Å². The van der Waals surface area contributed by atoms with E-state index in [2.05, 4.69) is 43.8 Å². The van der Waals surface area contributed by atoms with E-state index in [0.717, 1.165) is 50.0 Å². The lowest BCUT2D eigenvalue weighted by Crippen LogP contribution is -2.47. The van der Waals surface area contributed by atoms with E-state index in [1.165, 1.54) is 23.4 Å². The number of nitrogens with zero attached hydrogens (tertiary/aromatic N) is 4. The number of amides is 1. The van der Waals surface area contributed by atoms with Gasteiger partial charge in [0.15, 0.2) is 0 Å². The van der Waals surface area contributed by atoms with Crippen molar-refractivity contribution in [2.24, 2.45) is 0 Å². The summed E-state index contributed by atoms with van der Waals surface area (Å²) in [4.78, 5) is 26.1. The second kappa shape index (κ2) is 20.1. The van der Waals surface area contributed by atoms with Crippen LogP contribution in [0.4, 0.5) is 24.5 Å². The van der Waals surface area contributed by atoms with E-state index in [1.807, 2.05) is 29.0 Å². The number of fused-ring (bicyclic) bond motifs is 1. The quantitative estimate of drug-likeness (QED) is 0.103. The van der Waals surface area contributed by atoms with Crippen molar-refractivity contribution < 1.29 is 49.0 Å². The fourth-order valence-corrected chi connectivity index (χ4v) is 11.8. The van der Waals surface area contributed by atoms with Crippen LogP contribution in [0.2, 0.25) is 5.02 Å². The predicted octanol–water partition coefficient (Wildman–Crippen LogP) is 8.25. The summed E-state index contributed by atoms with van der Waals surface area (Å²) in [7, 11) is -11.0. The maximum absolute atomic E-state index is 14.2. The van der Waals surface area contributed by atoms with Crippen molar-refractivity contribution in [1.29, 1.82) is 0 Å². The number of sulfone groups is 1. The van der Waals surface area contributed by atoms with Gasteiger partial charge in [0.2, 0.25) is 0 Å². The Morgan fingerprint density at radius 3 is 2.36 bits per heavy atom. The number of sulfonamides is 1. The Hall–Kier alpha value is -5.22. The Kier molecular flexibility index (Phi) is 14.3. The van der Waals surface area contributed by atoms with E-state index in [-0.39, 0.29) is 40.4 Å². The molecule has 374 valence electrons. The second-order valence-corrected chi connectivity index (χ2v) is 22.8. The second-order valence-electron chi connectivity index (χ2n) is 18.8. The number of H-pyrrole nitrogens is 1. The number of anilines is 2. The topological polar surface area (TPSA) is 175 Å². The molecule has 0 radical (unpaired) electrons. The predicted molar refractivity (Wildman–Crippen MR) is 261 cm³/mol. The molecule has 1 amide bonds. The maximum Gasteiger partial charge on any atom is 0.501 e. The first-order valence-corrected chi connectivity index (χ1v) is 26.6. The summed E-state index contributed by atoms with van der Waals surface area (Å²) in [6, 6.07) is 18.4. The number of aromatic amines is 1. The number of piperazine rings is 1. The first-order valence-electron chi connectivity index (χ1n) is 23.3. The first-order chi connectivity index (χ1) is 33.3. The highest BCUT2D eigenvalue weighted by Gasteiger charge is 2.49. The first kappa shape index (κ1) is 49.7. The van der Waals surface area contributed by atoms with Gasteiger partial charge in [-0.15, -0.1) is 0 Å². The standard InChI is InChI=1S/C49H55ClF3N7O8S2/c1-48(2)28-42(32-3-5-35(50)6-4-32)34(31-67-48)30-58-17-19-59(20-18-58)38-11-13-41(44(26-38)68-39-25-33-15-16-54-46(33)55-29-39)47(61)57-70(64,65)40-12-14-43(45(27-40)69(62,63)49(51,52)53)56-36-7-9-37(10-8-36)60-21-23-66-24-22-60/h3-6,11-16,25-27,29,36-37,56H,7-10,17-24,28,30-31H2,1-2H3,(H,54,55)(H,57,61)/t36-,37-. The van der Waals surface area contributed by atoms with Gasteiger partial charge in [0.05, 0.1) is 47.8 Å². The van der Waals surface area contributed by atoms with Crippen molar-refractivity contribution in [3.05, 3.63) is 107 Å². The Balaban J connectivity index is 0.940. The van der Waals surface area contributed by atoms with Gasteiger partial charge in [-0.05, 0) is 111 Å². The van der Waals surface area contributed by atoms with Crippen LogP contribution in [-0.4, -0.2) is 131 Å². The number of ether oxygens (including phenoxy) is 3. The minimum Gasteiger partial charge on any atom is -0.455 e. The molecule has 0 atom stereocenters. The number of hydrogen-bond donors (Lipinski definition) is 3. The fraction of sp³-hybridized carbons (Fsp3) is 0.429.